The normalized spacial score (nSPS) is 20.9. The third-order valence-electron chi connectivity index (χ3n) is 2.15. The van der Waals surface area contributed by atoms with Crippen molar-refractivity contribution in [1.82, 2.24) is 4.90 Å². The molecule has 1 rings (SSSR count). The quantitative estimate of drug-likeness (QED) is 0.785. The van der Waals surface area contributed by atoms with E-state index in [1.54, 1.807) is 0 Å². The zero-order valence-corrected chi connectivity index (χ0v) is 8.16. The number of carbonyl (C=O) groups is 2. The maximum Gasteiger partial charge on any atom is 0.422 e. The molecule has 0 aliphatic carbocycles. The summed E-state index contributed by atoms with van der Waals surface area (Å²) in [7, 11) is 0. The van der Waals surface area contributed by atoms with Gasteiger partial charge < -0.3 is 14.7 Å². The van der Waals surface area contributed by atoms with E-state index >= 15 is 0 Å². The first kappa shape index (κ1) is 12.6. The Hall–Kier alpha value is -1.47. The van der Waals surface area contributed by atoms with Crippen molar-refractivity contribution in [3.05, 3.63) is 0 Å². The Balaban J connectivity index is 2.37. The molecule has 1 unspecified atom stereocenters. The van der Waals surface area contributed by atoms with E-state index in [1.165, 1.54) is 0 Å². The van der Waals surface area contributed by atoms with E-state index in [2.05, 4.69) is 4.74 Å². The smallest absolute Gasteiger partial charge is 0.422 e. The molecule has 1 amide bonds. The van der Waals surface area contributed by atoms with Crippen LogP contribution in [0, 0.1) is 5.92 Å². The predicted octanol–water partition coefficient (Wildman–Crippen LogP) is 1.09. The van der Waals surface area contributed by atoms with Gasteiger partial charge in [-0.25, -0.2) is 4.79 Å². The van der Waals surface area contributed by atoms with Crippen molar-refractivity contribution in [3.63, 3.8) is 0 Å². The van der Waals surface area contributed by atoms with Crippen molar-refractivity contribution in [2.45, 2.75) is 12.6 Å². The molecule has 5 nitrogen and oxygen atoms in total. The highest BCUT2D eigenvalue weighted by atomic mass is 19.4. The Morgan fingerprint density at radius 3 is 2.50 bits per heavy atom. The summed E-state index contributed by atoms with van der Waals surface area (Å²) in [6.45, 7) is -1.65. The van der Waals surface area contributed by atoms with Gasteiger partial charge in [-0.2, -0.15) is 13.2 Å². The van der Waals surface area contributed by atoms with Crippen molar-refractivity contribution < 1.29 is 32.6 Å². The molecule has 0 saturated carbocycles. The van der Waals surface area contributed by atoms with E-state index in [4.69, 9.17) is 5.11 Å². The van der Waals surface area contributed by atoms with Crippen LogP contribution in [0.4, 0.5) is 18.0 Å². The fraction of sp³-hybridized carbons (Fsp3) is 0.750. The highest BCUT2D eigenvalue weighted by molar-refractivity contribution is 5.74. The maximum atomic E-state index is 11.7. The molecule has 0 spiro atoms. The third-order valence-corrected chi connectivity index (χ3v) is 2.15. The van der Waals surface area contributed by atoms with Crippen molar-refractivity contribution in [3.8, 4) is 0 Å². The summed E-state index contributed by atoms with van der Waals surface area (Å²) in [5, 5.41) is 8.61. The van der Waals surface area contributed by atoms with Crippen LogP contribution in [0.3, 0.4) is 0 Å². The lowest BCUT2D eigenvalue weighted by molar-refractivity contribution is -0.162. The number of alkyl halides is 3. The number of halogens is 3. The average Bonchev–Trinajstić information content (AvgIpc) is 2.61. The molecule has 16 heavy (non-hydrogen) atoms. The standard InChI is InChI=1S/C8H10F3NO4/c9-8(10,11)4-16-7(15)12-2-1-5(3-12)6(13)14/h5H,1-4H2,(H,13,14). The molecule has 1 fully saturated rings. The maximum absolute atomic E-state index is 11.7. The zero-order chi connectivity index (χ0) is 12.3. The molecule has 1 aliphatic heterocycles. The molecule has 1 aliphatic rings. The third kappa shape index (κ3) is 3.59. The van der Waals surface area contributed by atoms with E-state index in [-0.39, 0.29) is 19.5 Å². The van der Waals surface area contributed by atoms with Gasteiger partial charge in [0, 0.05) is 13.1 Å². The average molecular weight is 241 g/mol. The number of carboxylic acids is 1. The van der Waals surface area contributed by atoms with Gasteiger partial charge in [-0.1, -0.05) is 0 Å². The van der Waals surface area contributed by atoms with Crippen molar-refractivity contribution in [2.75, 3.05) is 19.7 Å². The minimum atomic E-state index is -4.57. The summed E-state index contributed by atoms with van der Waals surface area (Å²) in [6.07, 6.45) is -5.46. The number of carboxylic acid groups (broad SMARTS) is 1. The minimum absolute atomic E-state index is 0.105. The van der Waals surface area contributed by atoms with E-state index in [1.807, 2.05) is 0 Å². The minimum Gasteiger partial charge on any atom is -0.481 e. The van der Waals surface area contributed by atoms with Crippen LogP contribution >= 0.6 is 0 Å². The highest BCUT2D eigenvalue weighted by Crippen LogP contribution is 2.19. The Bertz CT molecular complexity index is 291. The molecule has 0 radical (unpaired) electrons. The summed E-state index contributed by atoms with van der Waals surface area (Å²) < 4.78 is 39.1. The van der Waals surface area contributed by atoms with Crippen LogP contribution in [-0.2, 0) is 9.53 Å². The molecular formula is C8H10F3NO4. The highest BCUT2D eigenvalue weighted by Gasteiger charge is 2.34. The molecule has 1 atom stereocenters. The Morgan fingerprint density at radius 2 is 2.06 bits per heavy atom. The lowest BCUT2D eigenvalue weighted by Crippen LogP contribution is -2.33. The van der Waals surface area contributed by atoms with E-state index in [9.17, 15) is 22.8 Å². The van der Waals surface area contributed by atoms with Gasteiger partial charge in [-0.15, -0.1) is 0 Å². The van der Waals surface area contributed by atoms with Crippen molar-refractivity contribution in [1.29, 1.82) is 0 Å². The fourth-order valence-electron chi connectivity index (χ4n) is 1.36. The van der Waals surface area contributed by atoms with Gasteiger partial charge in [0.25, 0.3) is 0 Å². The second-order valence-corrected chi connectivity index (χ2v) is 3.44. The zero-order valence-electron chi connectivity index (χ0n) is 8.16. The lowest BCUT2D eigenvalue weighted by Gasteiger charge is -2.16. The topological polar surface area (TPSA) is 66.8 Å². The van der Waals surface area contributed by atoms with Crippen LogP contribution in [0.5, 0.6) is 0 Å². The molecular weight excluding hydrogens is 231 g/mol. The second-order valence-electron chi connectivity index (χ2n) is 3.44. The Morgan fingerprint density at radius 1 is 1.44 bits per heavy atom. The van der Waals surface area contributed by atoms with Crippen LogP contribution in [0.25, 0.3) is 0 Å². The first-order valence-electron chi connectivity index (χ1n) is 4.51. The number of rotatable bonds is 2. The Labute approximate surface area is 88.8 Å². The monoisotopic (exact) mass is 241 g/mol. The SMILES string of the molecule is O=C(O)C1CCN(C(=O)OCC(F)(F)F)C1. The molecule has 1 saturated heterocycles. The summed E-state index contributed by atoms with van der Waals surface area (Å²) in [5.74, 6) is -1.79. The number of carbonyl (C=O) groups excluding carboxylic acids is 1. The first-order chi connectivity index (χ1) is 7.29. The van der Waals surface area contributed by atoms with Crippen molar-refractivity contribution >= 4 is 12.1 Å². The van der Waals surface area contributed by atoms with Gasteiger partial charge in [0.05, 0.1) is 5.92 Å². The van der Waals surface area contributed by atoms with E-state index in [0.29, 0.717) is 0 Å². The second kappa shape index (κ2) is 4.58. The van der Waals surface area contributed by atoms with Gasteiger partial charge in [0.2, 0.25) is 0 Å². The van der Waals surface area contributed by atoms with Gasteiger partial charge >= 0.3 is 18.2 Å². The molecule has 1 N–H and O–H groups in total. The predicted molar refractivity (Wildman–Crippen MR) is 44.7 cm³/mol. The van der Waals surface area contributed by atoms with E-state index in [0.717, 1.165) is 4.90 Å². The first-order valence-corrected chi connectivity index (χ1v) is 4.51. The lowest BCUT2D eigenvalue weighted by atomic mass is 10.1. The Kier molecular flexibility index (Phi) is 3.61. The van der Waals surface area contributed by atoms with Crippen LogP contribution in [0.15, 0.2) is 0 Å². The van der Waals surface area contributed by atoms with Gasteiger partial charge in [0.1, 0.15) is 0 Å². The number of amides is 1. The number of likely N-dealkylation sites (tertiary alicyclic amines) is 1. The molecule has 8 heteroatoms. The number of hydrogen-bond acceptors (Lipinski definition) is 3. The molecule has 0 aromatic heterocycles. The van der Waals surface area contributed by atoms with Gasteiger partial charge in [-0.05, 0) is 6.42 Å². The van der Waals surface area contributed by atoms with E-state index < -0.39 is 30.8 Å². The van der Waals surface area contributed by atoms with Crippen molar-refractivity contribution in [2.24, 2.45) is 5.92 Å². The molecule has 0 bridgehead atoms. The molecule has 0 aromatic rings. The fourth-order valence-corrected chi connectivity index (χ4v) is 1.36. The number of ether oxygens (including phenoxy) is 1. The molecule has 1 heterocycles. The summed E-state index contributed by atoms with van der Waals surface area (Å²) in [4.78, 5) is 22.6. The van der Waals surface area contributed by atoms with Crippen LogP contribution in [0.1, 0.15) is 6.42 Å². The number of hydrogen-bond donors (Lipinski definition) is 1. The summed E-state index contributed by atoms with van der Waals surface area (Å²) >= 11 is 0. The van der Waals surface area contributed by atoms with Gasteiger partial charge in [-0.3, -0.25) is 4.79 Å². The van der Waals surface area contributed by atoms with Gasteiger partial charge in [0.15, 0.2) is 6.61 Å². The summed E-state index contributed by atoms with van der Waals surface area (Å²) in [5.41, 5.74) is 0. The molecule has 0 aromatic carbocycles. The largest absolute Gasteiger partial charge is 0.481 e. The van der Waals surface area contributed by atoms with Crippen LogP contribution < -0.4 is 0 Å². The molecule has 92 valence electrons. The number of nitrogens with zero attached hydrogens (tertiary/aromatic N) is 1. The van der Waals surface area contributed by atoms with Crippen LogP contribution in [0.2, 0.25) is 0 Å². The summed E-state index contributed by atoms with van der Waals surface area (Å²) in [6, 6.07) is 0. The van der Waals surface area contributed by atoms with Crippen LogP contribution in [-0.4, -0.2) is 47.9 Å². The number of aliphatic carboxylic acids is 1.